The summed E-state index contributed by atoms with van der Waals surface area (Å²) in [5.74, 6) is 2.19. The monoisotopic (exact) mass is 196 g/mol. The van der Waals surface area contributed by atoms with E-state index < -0.39 is 0 Å². The van der Waals surface area contributed by atoms with Gasteiger partial charge in [-0.05, 0) is 38.3 Å². The predicted octanol–water partition coefficient (Wildman–Crippen LogP) is 0.710. The first kappa shape index (κ1) is 9.97. The molecule has 2 aliphatic heterocycles. The van der Waals surface area contributed by atoms with E-state index in [0.717, 1.165) is 38.4 Å². The molecule has 0 spiro atoms. The quantitative estimate of drug-likeness (QED) is 0.718. The van der Waals surface area contributed by atoms with Crippen LogP contribution in [0.25, 0.3) is 0 Å². The van der Waals surface area contributed by atoms with Gasteiger partial charge in [0.25, 0.3) is 0 Å². The van der Waals surface area contributed by atoms with Crippen molar-refractivity contribution in [3.05, 3.63) is 0 Å². The van der Waals surface area contributed by atoms with Crippen molar-refractivity contribution in [1.82, 2.24) is 10.2 Å². The summed E-state index contributed by atoms with van der Waals surface area (Å²) >= 11 is 0. The average molecular weight is 196 g/mol. The fraction of sp³-hybridized carbons (Fsp3) is 0.909. The number of nitrogens with zero attached hydrogens (tertiary/aromatic N) is 1. The number of carbonyl (C=O) groups is 1. The highest BCUT2D eigenvalue weighted by Gasteiger charge is 2.43. The van der Waals surface area contributed by atoms with Crippen molar-refractivity contribution in [2.24, 2.45) is 17.8 Å². The van der Waals surface area contributed by atoms with Gasteiger partial charge in [0.1, 0.15) is 0 Å². The molecular formula is C11H20N2O. The van der Waals surface area contributed by atoms with Crippen LogP contribution in [0.3, 0.4) is 0 Å². The van der Waals surface area contributed by atoms with E-state index in [1.54, 1.807) is 0 Å². The van der Waals surface area contributed by atoms with E-state index in [0.29, 0.717) is 17.7 Å². The first-order chi connectivity index (χ1) is 6.70. The zero-order chi connectivity index (χ0) is 10.1. The highest BCUT2D eigenvalue weighted by molar-refractivity contribution is 5.81. The number of piperidine rings is 2. The maximum atomic E-state index is 11.8. The van der Waals surface area contributed by atoms with Gasteiger partial charge in [-0.1, -0.05) is 6.92 Å². The van der Waals surface area contributed by atoms with Crippen LogP contribution in [0.2, 0.25) is 0 Å². The lowest BCUT2D eigenvalue weighted by Gasteiger charge is -2.46. The van der Waals surface area contributed by atoms with Crippen LogP contribution in [0.5, 0.6) is 0 Å². The minimum absolute atomic E-state index is 0.385. The lowest BCUT2D eigenvalue weighted by molar-refractivity contribution is -0.149. The summed E-state index contributed by atoms with van der Waals surface area (Å²) in [5.41, 5.74) is 0. The van der Waals surface area contributed by atoms with E-state index in [9.17, 15) is 4.79 Å². The SMILES string of the molecule is CNCC(C)CN1CC2CC(C2)C1=O. The third-order valence-electron chi connectivity index (χ3n) is 3.46. The van der Waals surface area contributed by atoms with Crippen molar-refractivity contribution in [2.75, 3.05) is 26.7 Å². The Morgan fingerprint density at radius 1 is 1.57 bits per heavy atom. The van der Waals surface area contributed by atoms with Crippen molar-refractivity contribution in [3.63, 3.8) is 0 Å². The summed E-state index contributed by atoms with van der Waals surface area (Å²) in [7, 11) is 1.96. The lowest BCUT2D eigenvalue weighted by atomic mass is 9.70. The Morgan fingerprint density at radius 2 is 2.29 bits per heavy atom. The number of carbonyl (C=O) groups excluding carboxylic acids is 1. The van der Waals surface area contributed by atoms with Crippen LogP contribution in [0.15, 0.2) is 0 Å². The fourth-order valence-electron chi connectivity index (χ4n) is 2.70. The normalized spacial score (nSPS) is 32.7. The summed E-state index contributed by atoms with van der Waals surface area (Å²) in [4.78, 5) is 13.9. The van der Waals surface area contributed by atoms with Crippen molar-refractivity contribution in [2.45, 2.75) is 19.8 Å². The summed E-state index contributed by atoms with van der Waals surface area (Å²) in [6, 6.07) is 0. The molecule has 80 valence electrons. The molecule has 14 heavy (non-hydrogen) atoms. The molecule has 2 heterocycles. The van der Waals surface area contributed by atoms with Crippen LogP contribution in [0.1, 0.15) is 19.8 Å². The van der Waals surface area contributed by atoms with Gasteiger partial charge >= 0.3 is 0 Å². The molecule has 1 amide bonds. The van der Waals surface area contributed by atoms with Gasteiger partial charge in [-0.25, -0.2) is 0 Å². The number of nitrogens with one attached hydrogen (secondary N) is 1. The van der Waals surface area contributed by atoms with Crippen LogP contribution < -0.4 is 5.32 Å². The van der Waals surface area contributed by atoms with Crippen LogP contribution in [0, 0.1) is 17.8 Å². The largest absolute Gasteiger partial charge is 0.342 e. The molecule has 0 aromatic heterocycles. The number of rotatable bonds is 4. The smallest absolute Gasteiger partial charge is 0.225 e. The van der Waals surface area contributed by atoms with E-state index in [2.05, 4.69) is 17.1 Å². The van der Waals surface area contributed by atoms with Gasteiger partial charge in [-0.2, -0.15) is 0 Å². The molecule has 3 fully saturated rings. The zero-order valence-electron chi connectivity index (χ0n) is 9.12. The Balaban J connectivity index is 1.83. The molecule has 0 radical (unpaired) electrons. The molecule has 2 bridgehead atoms. The summed E-state index contributed by atoms with van der Waals surface area (Å²) in [6.45, 7) is 5.15. The Hall–Kier alpha value is -0.570. The molecule has 0 aromatic carbocycles. The van der Waals surface area contributed by atoms with Gasteiger partial charge in [0.05, 0.1) is 0 Å². The van der Waals surface area contributed by atoms with E-state index in [-0.39, 0.29) is 0 Å². The van der Waals surface area contributed by atoms with Gasteiger partial charge in [0.2, 0.25) is 5.91 Å². The van der Waals surface area contributed by atoms with E-state index in [4.69, 9.17) is 0 Å². The van der Waals surface area contributed by atoms with Crippen LogP contribution >= 0.6 is 0 Å². The third-order valence-corrected chi connectivity index (χ3v) is 3.46. The third kappa shape index (κ3) is 1.78. The number of hydrogen-bond acceptors (Lipinski definition) is 2. The molecule has 0 aromatic rings. The second kappa shape index (κ2) is 3.89. The number of fused-ring (bicyclic) bond motifs is 2. The van der Waals surface area contributed by atoms with Crippen LogP contribution in [-0.2, 0) is 4.79 Å². The molecule has 3 rings (SSSR count). The topological polar surface area (TPSA) is 32.3 Å². The summed E-state index contributed by atoms with van der Waals surface area (Å²) in [5, 5.41) is 3.16. The van der Waals surface area contributed by atoms with Gasteiger partial charge < -0.3 is 10.2 Å². The van der Waals surface area contributed by atoms with Crippen molar-refractivity contribution in [3.8, 4) is 0 Å². The fourth-order valence-corrected chi connectivity index (χ4v) is 2.70. The van der Waals surface area contributed by atoms with Crippen LogP contribution in [-0.4, -0.2) is 37.5 Å². The van der Waals surface area contributed by atoms with Crippen molar-refractivity contribution in [1.29, 1.82) is 0 Å². The first-order valence-electron chi connectivity index (χ1n) is 5.64. The first-order valence-corrected chi connectivity index (χ1v) is 5.64. The average Bonchev–Trinajstić information content (AvgIpc) is 2.06. The van der Waals surface area contributed by atoms with Gasteiger partial charge in [-0.15, -0.1) is 0 Å². The highest BCUT2D eigenvalue weighted by atomic mass is 16.2. The Kier molecular flexibility index (Phi) is 2.77. The molecule has 1 N–H and O–H groups in total. The minimum Gasteiger partial charge on any atom is -0.342 e. The molecular weight excluding hydrogens is 176 g/mol. The maximum Gasteiger partial charge on any atom is 0.225 e. The summed E-state index contributed by atoms with van der Waals surface area (Å²) < 4.78 is 0. The minimum atomic E-state index is 0.385. The number of hydrogen-bond donors (Lipinski definition) is 1. The highest BCUT2D eigenvalue weighted by Crippen LogP contribution is 2.40. The molecule has 1 atom stereocenters. The number of amides is 1. The second-order valence-electron chi connectivity index (χ2n) is 4.94. The van der Waals surface area contributed by atoms with E-state index >= 15 is 0 Å². The molecule has 3 nitrogen and oxygen atoms in total. The van der Waals surface area contributed by atoms with Crippen molar-refractivity contribution >= 4 is 5.91 Å². The van der Waals surface area contributed by atoms with Crippen LogP contribution in [0.4, 0.5) is 0 Å². The molecule has 2 saturated heterocycles. The Labute approximate surface area is 85.8 Å². The van der Waals surface area contributed by atoms with Gasteiger partial charge in [-0.3, -0.25) is 4.79 Å². The van der Waals surface area contributed by atoms with E-state index in [1.807, 2.05) is 7.05 Å². The molecule has 3 heteroatoms. The molecule has 1 saturated carbocycles. The Bertz CT molecular complexity index is 223. The van der Waals surface area contributed by atoms with Gasteiger partial charge in [0.15, 0.2) is 0 Å². The summed E-state index contributed by atoms with van der Waals surface area (Å²) in [6.07, 6.45) is 2.32. The molecule has 1 aliphatic carbocycles. The van der Waals surface area contributed by atoms with Crippen molar-refractivity contribution < 1.29 is 4.79 Å². The second-order valence-corrected chi connectivity index (χ2v) is 4.94. The molecule has 3 aliphatic rings. The van der Waals surface area contributed by atoms with Gasteiger partial charge in [0, 0.05) is 19.0 Å². The standard InChI is InChI=1S/C11H20N2O/c1-8(5-12-2)6-13-7-9-3-10(4-9)11(13)14/h8-10,12H,3-7H2,1-2H3. The lowest BCUT2D eigenvalue weighted by Crippen LogP contribution is -2.54. The molecule has 1 unspecified atom stereocenters. The zero-order valence-corrected chi connectivity index (χ0v) is 9.12. The Morgan fingerprint density at radius 3 is 2.86 bits per heavy atom. The predicted molar refractivity (Wildman–Crippen MR) is 55.9 cm³/mol. The maximum absolute atomic E-state index is 11.8. The van der Waals surface area contributed by atoms with E-state index in [1.165, 1.54) is 0 Å².